The molecule has 0 aliphatic carbocycles. The molecule has 0 radical (unpaired) electrons. The van der Waals surface area contributed by atoms with Crippen molar-refractivity contribution in [2.24, 2.45) is 0 Å². The van der Waals surface area contributed by atoms with Gasteiger partial charge in [0, 0.05) is 17.1 Å². The van der Waals surface area contributed by atoms with Gasteiger partial charge < -0.3 is 14.2 Å². The minimum absolute atomic E-state index is 0.343. The number of carbonyl (C=O) groups excluding carboxylic acids is 1. The van der Waals surface area contributed by atoms with Crippen LogP contribution in [0.4, 0.5) is 5.13 Å². The number of nitrogens with zero attached hydrogens (tertiary/aromatic N) is 1. The summed E-state index contributed by atoms with van der Waals surface area (Å²) in [5.74, 6) is 0.918. The molecular weight excluding hydrogens is 294 g/mol. The Morgan fingerprint density at radius 1 is 1.14 bits per heavy atom. The molecule has 0 spiro atoms. The van der Waals surface area contributed by atoms with Crippen molar-refractivity contribution in [2.45, 2.75) is 0 Å². The predicted octanol–water partition coefficient (Wildman–Crippen LogP) is 1.93. The van der Waals surface area contributed by atoms with E-state index in [1.165, 1.54) is 32.7 Å². The van der Waals surface area contributed by atoms with Gasteiger partial charge in [-0.15, -0.1) is 11.3 Å². The normalized spacial score (nSPS) is 9.86. The average Bonchev–Trinajstić information content (AvgIpc) is 3.04. The van der Waals surface area contributed by atoms with Crippen LogP contribution >= 0.6 is 11.3 Å². The number of ether oxygens (including phenoxy) is 3. The number of anilines is 1. The van der Waals surface area contributed by atoms with Gasteiger partial charge in [-0.25, -0.2) is 4.98 Å². The number of thiazole rings is 1. The monoisotopic (exact) mass is 309 g/mol. The summed E-state index contributed by atoms with van der Waals surface area (Å²) >= 11 is 1.38. The maximum atomic E-state index is 12.1. The molecule has 0 aliphatic rings. The molecule has 0 atom stereocenters. The van der Waals surface area contributed by atoms with Gasteiger partial charge >= 0.3 is 0 Å². The highest BCUT2D eigenvalue weighted by Gasteiger charge is 2.16. The van der Waals surface area contributed by atoms with E-state index in [4.69, 9.17) is 14.2 Å². The number of methoxy groups -OCH3 is 3. The van der Waals surface area contributed by atoms with Crippen LogP contribution in [0.2, 0.25) is 0 Å². The number of amides is 1. The second-order valence-electron chi connectivity index (χ2n) is 3.83. The second kappa shape index (κ2) is 6.80. The highest BCUT2D eigenvalue weighted by atomic mass is 32.1. The molecule has 1 heterocycles. The van der Waals surface area contributed by atoms with Crippen molar-refractivity contribution in [1.82, 2.24) is 10.4 Å². The number of hydrazine groups is 1. The van der Waals surface area contributed by atoms with Crippen LogP contribution in [0.25, 0.3) is 0 Å². The first-order valence-electron chi connectivity index (χ1n) is 5.95. The van der Waals surface area contributed by atoms with Gasteiger partial charge in [0.05, 0.1) is 21.3 Å². The Kier molecular flexibility index (Phi) is 4.83. The molecule has 7 nitrogen and oxygen atoms in total. The van der Waals surface area contributed by atoms with E-state index in [9.17, 15) is 4.79 Å². The SMILES string of the molecule is COc1cc(C(=O)NNc2nccs2)cc(OC)c1OC. The van der Waals surface area contributed by atoms with Gasteiger partial charge in [-0.3, -0.25) is 15.6 Å². The number of benzene rings is 1. The van der Waals surface area contributed by atoms with E-state index in [0.29, 0.717) is 27.9 Å². The van der Waals surface area contributed by atoms with Crippen LogP contribution in [0.5, 0.6) is 17.2 Å². The molecule has 2 rings (SSSR count). The smallest absolute Gasteiger partial charge is 0.269 e. The molecule has 8 heteroatoms. The summed E-state index contributed by atoms with van der Waals surface area (Å²) in [6.45, 7) is 0. The summed E-state index contributed by atoms with van der Waals surface area (Å²) in [6, 6.07) is 3.14. The van der Waals surface area contributed by atoms with E-state index >= 15 is 0 Å². The molecule has 112 valence electrons. The number of hydrogen-bond donors (Lipinski definition) is 2. The van der Waals surface area contributed by atoms with Crippen molar-refractivity contribution in [2.75, 3.05) is 26.8 Å². The fourth-order valence-corrected chi connectivity index (χ4v) is 2.16. The fraction of sp³-hybridized carbons (Fsp3) is 0.231. The Balaban J connectivity index is 2.20. The molecule has 0 saturated heterocycles. The number of rotatable bonds is 6. The van der Waals surface area contributed by atoms with Crippen molar-refractivity contribution in [3.8, 4) is 17.2 Å². The van der Waals surface area contributed by atoms with Crippen LogP contribution in [-0.4, -0.2) is 32.2 Å². The Hall–Kier alpha value is -2.48. The van der Waals surface area contributed by atoms with Crippen molar-refractivity contribution >= 4 is 22.4 Å². The molecule has 0 unspecified atom stereocenters. The van der Waals surface area contributed by atoms with Crippen LogP contribution in [0.15, 0.2) is 23.7 Å². The van der Waals surface area contributed by atoms with E-state index in [1.807, 2.05) is 0 Å². The van der Waals surface area contributed by atoms with Gasteiger partial charge in [0.25, 0.3) is 5.91 Å². The van der Waals surface area contributed by atoms with Crippen LogP contribution in [-0.2, 0) is 0 Å². The summed E-state index contributed by atoms with van der Waals surface area (Å²) < 4.78 is 15.6. The van der Waals surface area contributed by atoms with Gasteiger partial charge in [-0.05, 0) is 12.1 Å². The third kappa shape index (κ3) is 3.34. The third-order valence-electron chi connectivity index (χ3n) is 2.64. The quantitative estimate of drug-likeness (QED) is 0.794. The summed E-state index contributed by atoms with van der Waals surface area (Å²) in [4.78, 5) is 16.1. The van der Waals surface area contributed by atoms with Gasteiger partial charge in [-0.1, -0.05) is 0 Å². The van der Waals surface area contributed by atoms with Crippen LogP contribution in [0.1, 0.15) is 10.4 Å². The summed E-state index contributed by atoms with van der Waals surface area (Å²) in [6.07, 6.45) is 1.64. The minimum Gasteiger partial charge on any atom is -0.493 e. The second-order valence-corrected chi connectivity index (χ2v) is 4.72. The van der Waals surface area contributed by atoms with Crippen molar-refractivity contribution < 1.29 is 19.0 Å². The van der Waals surface area contributed by atoms with E-state index < -0.39 is 0 Å². The number of hydrogen-bond acceptors (Lipinski definition) is 7. The zero-order chi connectivity index (χ0) is 15.2. The lowest BCUT2D eigenvalue weighted by Crippen LogP contribution is -2.29. The van der Waals surface area contributed by atoms with Gasteiger partial charge in [0.1, 0.15) is 0 Å². The maximum absolute atomic E-state index is 12.1. The molecule has 0 aliphatic heterocycles. The third-order valence-corrected chi connectivity index (χ3v) is 3.33. The largest absolute Gasteiger partial charge is 0.493 e. The lowest BCUT2D eigenvalue weighted by atomic mass is 10.1. The number of carbonyl (C=O) groups is 1. The summed E-state index contributed by atoms with van der Waals surface area (Å²) in [5.41, 5.74) is 5.64. The van der Waals surface area contributed by atoms with E-state index in [2.05, 4.69) is 15.8 Å². The molecule has 1 aromatic carbocycles. The molecule has 0 saturated carbocycles. The maximum Gasteiger partial charge on any atom is 0.269 e. The highest BCUT2D eigenvalue weighted by Crippen LogP contribution is 2.38. The lowest BCUT2D eigenvalue weighted by Gasteiger charge is -2.14. The molecule has 1 amide bonds. The summed E-state index contributed by atoms with van der Waals surface area (Å²) in [7, 11) is 4.49. The first-order chi connectivity index (χ1) is 10.2. The zero-order valence-corrected chi connectivity index (χ0v) is 12.6. The first kappa shape index (κ1) is 14.9. The van der Waals surface area contributed by atoms with Gasteiger partial charge in [-0.2, -0.15) is 0 Å². The Morgan fingerprint density at radius 2 is 1.81 bits per heavy atom. The van der Waals surface area contributed by atoms with Gasteiger partial charge in [0.15, 0.2) is 11.5 Å². The number of aromatic nitrogens is 1. The molecule has 2 aromatic rings. The van der Waals surface area contributed by atoms with E-state index in [0.717, 1.165) is 0 Å². The summed E-state index contributed by atoms with van der Waals surface area (Å²) in [5, 5.41) is 2.39. The lowest BCUT2D eigenvalue weighted by molar-refractivity contribution is 0.0962. The Labute approximate surface area is 125 Å². The highest BCUT2D eigenvalue weighted by molar-refractivity contribution is 7.13. The van der Waals surface area contributed by atoms with Crippen LogP contribution in [0, 0.1) is 0 Å². The van der Waals surface area contributed by atoms with Crippen molar-refractivity contribution in [3.05, 3.63) is 29.3 Å². The molecule has 2 N–H and O–H groups in total. The van der Waals surface area contributed by atoms with Crippen molar-refractivity contribution in [1.29, 1.82) is 0 Å². The fourth-order valence-electron chi connectivity index (χ4n) is 1.68. The zero-order valence-electron chi connectivity index (χ0n) is 11.8. The topological polar surface area (TPSA) is 81.7 Å². The number of nitrogens with one attached hydrogen (secondary N) is 2. The molecule has 0 bridgehead atoms. The minimum atomic E-state index is -0.343. The predicted molar refractivity (Wildman–Crippen MR) is 79.3 cm³/mol. The molecule has 0 fully saturated rings. The molecule has 1 aromatic heterocycles. The average molecular weight is 309 g/mol. The van der Waals surface area contributed by atoms with Crippen LogP contribution in [0.3, 0.4) is 0 Å². The Morgan fingerprint density at radius 3 is 2.29 bits per heavy atom. The Bertz CT molecular complexity index is 591. The standard InChI is InChI=1S/C13H15N3O4S/c1-18-9-6-8(7-10(19-2)11(9)20-3)12(17)15-16-13-14-4-5-21-13/h4-7H,1-3H3,(H,14,16)(H,15,17). The molecular formula is C13H15N3O4S. The molecule has 21 heavy (non-hydrogen) atoms. The van der Waals surface area contributed by atoms with E-state index in [1.54, 1.807) is 23.7 Å². The van der Waals surface area contributed by atoms with E-state index in [-0.39, 0.29) is 5.91 Å². The van der Waals surface area contributed by atoms with Crippen molar-refractivity contribution in [3.63, 3.8) is 0 Å². The van der Waals surface area contributed by atoms with Crippen LogP contribution < -0.4 is 25.1 Å². The first-order valence-corrected chi connectivity index (χ1v) is 6.83. The van der Waals surface area contributed by atoms with Gasteiger partial charge in [0.2, 0.25) is 10.9 Å².